The monoisotopic (exact) mass is 419 g/mol. The predicted octanol–water partition coefficient (Wildman–Crippen LogP) is 5.23. The molecule has 1 atom stereocenters. The number of benzene rings is 1. The first-order valence-electron chi connectivity index (χ1n) is 9.97. The van der Waals surface area contributed by atoms with Crippen LogP contribution in [0.3, 0.4) is 0 Å². The third-order valence-electron chi connectivity index (χ3n) is 5.46. The fourth-order valence-electron chi connectivity index (χ4n) is 4.13. The van der Waals surface area contributed by atoms with Crippen LogP contribution >= 0.6 is 11.3 Å². The van der Waals surface area contributed by atoms with E-state index in [-0.39, 0.29) is 18.4 Å². The van der Waals surface area contributed by atoms with Crippen molar-refractivity contribution in [3.63, 3.8) is 0 Å². The van der Waals surface area contributed by atoms with E-state index >= 15 is 0 Å². The van der Waals surface area contributed by atoms with Crippen molar-refractivity contribution in [3.05, 3.63) is 82.1 Å². The minimum atomic E-state index is -0.472. The van der Waals surface area contributed by atoms with Crippen molar-refractivity contribution in [2.45, 2.75) is 31.8 Å². The van der Waals surface area contributed by atoms with Crippen LogP contribution in [0.2, 0.25) is 0 Å². The summed E-state index contributed by atoms with van der Waals surface area (Å²) >= 11 is 1.55. The number of nitrogens with zero attached hydrogens (tertiary/aromatic N) is 1. The largest absolute Gasteiger partial charge is 0.467 e. The van der Waals surface area contributed by atoms with Crippen LogP contribution in [0.25, 0.3) is 0 Å². The SMILES string of the molecule is O=C1CCCC2=C1[C@@H](c1cccs1)N(C(=O)NCc1ccco1)c1ccccc1N2. The maximum absolute atomic E-state index is 13.5. The van der Waals surface area contributed by atoms with Crippen molar-refractivity contribution in [1.29, 1.82) is 0 Å². The van der Waals surface area contributed by atoms with Crippen LogP contribution in [0.1, 0.15) is 35.9 Å². The average molecular weight is 420 g/mol. The van der Waals surface area contributed by atoms with E-state index in [2.05, 4.69) is 10.6 Å². The first kappa shape index (κ1) is 18.7. The van der Waals surface area contributed by atoms with E-state index in [4.69, 9.17) is 4.42 Å². The fraction of sp³-hybridized carbons (Fsp3) is 0.217. The molecule has 3 aromatic rings. The quantitative estimate of drug-likeness (QED) is 0.609. The van der Waals surface area contributed by atoms with Gasteiger partial charge in [0.05, 0.1) is 24.2 Å². The van der Waals surface area contributed by atoms with Gasteiger partial charge in [-0.3, -0.25) is 9.69 Å². The number of urea groups is 1. The molecule has 2 amide bonds. The molecule has 6 nitrogen and oxygen atoms in total. The van der Waals surface area contributed by atoms with Crippen LogP contribution in [0.5, 0.6) is 0 Å². The van der Waals surface area contributed by atoms with Crippen LogP contribution in [0.15, 0.2) is 75.9 Å². The second kappa shape index (κ2) is 7.84. The summed E-state index contributed by atoms with van der Waals surface area (Å²) in [7, 11) is 0. The number of allylic oxidation sites excluding steroid dienone is 1. The molecule has 152 valence electrons. The lowest BCUT2D eigenvalue weighted by molar-refractivity contribution is -0.116. The summed E-state index contributed by atoms with van der Waals surface area (Å²) in [6.07, 6.45) is 3.69. The average Bonchev–Trinajstić information content (AvgIpc) is 3.44. The Hall–Kier alpha value is -3.32. The topological polar surface area (TPSA) is 74.6 Å². The summed E-state index contributed by atoms with van der Waals surface area (Å²) < 4.78 is 5.36. The molecule has 7 heteroatoms. The summed E-state index contributed by atoms with van der Waals surface area (Å²) in [5.41, 5.74) is 3.17. The molecule has 1 aliphatic carbocycles. The lowest BCUT2D eigenvalue weighted by Gasteiger charge is -2.32. The summed E-state index contributed by atoms with van der Waals surface area (Å²) in [5.74, 6) is 0.768. The highest BCUT2D eigenvalue weighted by molar-refractivity contribution is 7.10. The molecule has 30 heavy (non-hydrogen) atoms. The van der Waals surface area contributed by atoms with Gasteiger partial charge in [0.1, 0.15) is 11.8 Å². The van der Waals surface area contributed by atoms with Crippen molar-refractivity contribution < 1.29 is 14.0 Å². The van der Waals surface area contributed by atoms with E-state index in [1.807, 2.05) is 47.8 Å². The number of hydrogen-bond acceptors (Lipinski definition) is 5. The molecule has 1 aliphatic heterocycles. The van der Waals surface area contributed by atoms with Gasteiger partial charge in [-0.05, 0) is 48.6 Å². The van der Waals surface area contributed by atoms with Gasteiger partial charge in [0, 0.05) is 22.6 Å². The predicted molar refractivity (Wildman–Crippen MR) is 116 cm³/mol. The lowest BCUT2D eigenvalue weighted by atomic mass is 9.88. The van der Waals surface area contributed by atoms with Gasteiger partial charge in [0.25, 0.3) is 0 Å². The zero-order valence-corrected chi connectivity index (χ0v) is 17.1. The van der Waals surface area contributed by atoms with Crippen molar-refractivity contribution in [3.8, 4) is 0 Å². The highest BCUT2D eigenvalue weighted by atomic mass is 32.1. The van der Waals surface area contributed by atoms with Gasteiger partial charge in [-0.1, -0.05) is 18.2 Å². The molecular formula is C23H21N3O3S. The van der Waals surface area contributed by atoms with Gasteiger partial charge < -0.3 is 15.1 Å². The fourth-order valence-corrected chi connectivity index (χ4v) is 4.96. The van der Waals surface area contributed by atoms with Crippen LogP contribution in [0, 0.1) is 0 Å². The van der Waals surface area contributed by atoms with Crippen molar-refractivity contribution in [1.82, 2.24) is 5.32 Å². The number of ketones is 1. The second-order valence-electron chi connectivity index (χ2n) is 7.34. The molecule has 2 aliphatic rings. The highest BCUT2D eigenvalue weighted by Gasteiger charge is 2.39. The number of rotatable bonds is 3. The van der Waals surface area contributed by atoms with Gasteiger partial charge in [-0.2, -0.15) is 0 Å². The molecule has 2 aromatic heterocycles. The number of fused-ring (bicyclic) bond motifs is 1. The molecule has 0 saturated heterocycles. The molecule has 0 fully saturated rings. The summed E-state index contributed by atoms with van der Waals surface area (Å²) in [5, 5.41) is 8.40. The smallest absolute Gasteiger partial charge is 0.323 e. The zero-order chi connectivity index (χ0) is 20.5. The molecule has 0 spiro atoms. The number of nitrogens with one attached hydrogen (secondary N) is 2. The van der Waals surface area contributed by atoms with Crippen molar-refractivity contribution >= 4 is 34.5 Å². The number of para-hydroxylation sites is 2. The number of carbonyl (C=O) groups excluding carboxylic acids is 2. The molecule has 1 aromatic carbocycles. The summed E-state index contributed by atoms with van der Waals surface area (Å²) in [6.45, 7) is 0.273. The Labute approximate surface area is 178 Å². The molecular weight excluding hydrogens is 398 g/mol. The van der Waals surface area contributed by atoms with Crippen molar-refractivity contribution in [2.75, 3.05) is 10.2 Å². The van der Waals surface area contributed by atoms with E-state index in [0.29, 0.717) is 17.8 Å². The normalized spacial score (nSPS) is 18.3. The molecule has 0 radical (unpaired) electrons. The maximum Gasteiger partial charge on any atom is 0.323 e. The van der Waals surface area contributed by atoms with Gasteiger partial charge in [0.2, 0.25) is 0 Å². The van der Waals surface area contributed by atoms with Crippen LogP contribution in [0.4, 0.5) is 16.2 Å². The number of carbonyl (C=O) groups is 2. The zero-order valence-electron chi connectivity index (χ0n) is 16.3. The minimum Gasteiger partial charge on any atom is -0.467 e. The first-order valence-corrected chi connectivity index (χ1v) is 10.9. The number of furan rings is 1. The second-order valence-corrected chi connectivity index (χ2v) is 8.32. The minimum absolute atomic E-state index is 0.0961. The Morgan fingerprint density at radius 3 is 2.87 bits per heavy atom. The molecule has 0 saturated carbocycles. The summed E-state index contributed by atoms with van der Waals surface area (Å²) in [6, 6.07) is 14.5. The number of Topliss-reactive ketones (excluding diaryl/α,β-unsaturated/α-hetero) is 1. The molecule has 0 unspecified atom stereocenters. The van der Waals surface area contributed by atoms with E-state index in [1.165, 1.54) is 0 Å². The van der Waals surface area contributed by atoms with E-state index < -0.39 is 6.04 Å². The van der Waals surface area contributed by atoms with Gasteiger partial charge in [-0.25, -0.2) is 4.79 Å². The van der Waals surface area contributed by atoms with E-state index in [0.717, 1.165) is 34.8 Å². The van der Waals surface area contributed by atoms with Crippen molar-refractivity contribution in [2.24, 2.45) is 0 Å². The number of thiophene rings is 1. The Kier molecular flexibility index (Phi) is 4.88. The standard InChI is InChI=1S/C23H21N3O3S/c27-19-10-3-8-17-21(19)22(20-11-5-13-30-20)26(18-9-2-1-7-16(18)25-17)23(28)24-14-15-6-4-12-29-15/h1-2,4-7,9,11-13,22,25H,3,8,10,14H2,(H,24,28)/t22-/m1/s1. The number of hydrogen-bond donors (Lipinski definition) is 2. The number of anilines is 2. The number of amides is 2. The van der Waals surface area contributed by atoms with E-state index in [9.17, 15) is 9.59 Å². The van der Waals surface area contributed by atoms with Crippen LogP contribution in [-0.2, 0) is 11.3 Å². The third kappa shape index (κ3) is 3.31. The Morgan fingerprint density at radius 1 is 1.17 bits per heavy atom. The molecule has 3 heterocycles. The lowest BCUT2D eigenvalue weighted by Crippen LogP contribution is -2.43. The Balaban J connectivity index is 1.63. The maximum atomic E-state index is 13.5. The van der Waals surface area contributed by atoms with Crippen LogP contribution in [-0.4, -0.2) is 11.8 Å². The third-order valence-corrected chi connectivity index (χ3v) is 6.39. The van der Waals surface area contributed by atoms with E-state index in [1.54, 1.807) is 28.6 Å². The Morgan fingerprint density at radius 2 is 2.07 bits per heavy atom. The molecule has 0 bridgehead atoms. The highest BCUT2D eigenvalue weighted by Crippen LogP contribution is 2.45. The Bertz CT molecular complexity index is 1100. The summed E-state index contributed by atoms with van der Waals surface area (Å²) in [4.78, 5) is 29.3. The van der Waals surface area contributed by atoms with Gasteiger partial charge in [0.15, 0.2) is 5.78 Å². The first-order chi connectivity index (χ1) is 14.7. The molecule has 5 rings (SSSR count). The van der Waals surface area contributed by atoms with Gasteiger partial charge in [-0.15, -0.1) is 11.3 Å². The molecule has 2 N–H and O–H groups in total. The van der Waals surface area contributed by atoms with Crippen LogP contribution < -0.4 is 15.5 Å². The van der Waals surface area contributed by atoms with Gasteiger partial charge >= 0.3 is 6.03 Å².